The Bertz CT molecular complexity index is 571. The number of halogens is 1. The Morgan fingerprint density at radius 1 is 1.20 bits per heavy atom. The van der Waals surface area contributed by atoms with Gasteiger partial charge in [-0.1, -0.05) is 13.8 Å². The Kier molecular flexibility index (Phi) is 6.72. The van der Waals surface area contributed by atoms with Crippen molar-refractivity contribution in [2.24, 2.45) is 11.1 Å². The van der Waals surface area contributed by atoms with Crippen LogP contribution in [0.4, 0.5) is 0 Å². The highest BCUT2D eigenvalue weighted by atomic mass is 35.5. The first kappa shape index (κ1) is 20.0. The Morgan fingerprint density at radius 3 is 2.44 bits per heavy atom. The van der Waals surface area contributed by atoms with Gasteiger partial charge in [-0.15, -0.1) is 12.4 Å². The maximum absolute atomic E-state index is 12.7. The first-order chi connectivity index (χ1) is 11.5. The van der Waals surface area contributed by atoms with Crippen LogP contribution in [0, 0.1) is 5.41 Å². The van der Waals surface area contributed by atoms with Crippen LogP contribution in [-0.4, -0.2) is 49.3 Å². The summed E-state index contributed by atoms with van der Waals surface area (Å²) in [6, 6.07) is 7.65. The molecule has 5 nitrogen and oxygen atoms in total. The molecular formula is C19H29ClN2O3. The van der Waals surface area contributed by atoms with Crippen LogP contribution in [0.25, 0.3) is 0 Å². The number of carbonyl (C=O) groups excluding carboxylic acids is 1. The van der Waals surface area contributed by atoms with Gasteiger partial charge in [0.2, 0.25) is 0 Å². The molecule has 2 aliphatic rings. The van der Waals surface area contributed by atoms with Crippen molar-refractivity contribution in [3.05, 3.63) is 29.8 Å². The lowest BCUT2D eigenvalue weighted by molar-refractivity contribution is 0.0255. The van der Waals surface area contributed by atoms with Crippen LogP contribution in [0.5, 0.6) is 5.75 Å². The Labute approximate surface area is 156 Å². The number of likely N-dealkylation sites (tertiary alicyclic amines) is 1. The van der Waals surface area contributed by atoms with Gasteiger partial charge in [-0.2, -0.15) is 0 Å². The van der Waals surface area contributed by atoms with E-state index in [4.69, 9.17) is 15.2 Å². The summed E-state index contributed by atoms with van der Waals surface area (Å²) in [5.74, 6) is 0.895. The van der Waals surface area contributed by atoms with Crippen molar-refractivity contribution in [1.82, 2.24) is 4.90 Å². The van der Waals surface area contributed by atoms with Crippen LogP contribution in [0.2, 0.25) is 0 Å². The summed E-state index contributed by atoms with van der Waals surface area (Å²) < 4.78 is 11.3. The smallest absolute Gasteiger partial charge is 0.253 e. The highest BCUT2D eigenvalue weighted by Gasteiger charge is 2.35. The molecule has 0 bridgehead atoms. The number of hydrogen-bond acceptors (Lipinski definition) is 4. The molecule has 6 heteroatoms. The number of hydrogen-bond donors (Lipinski definition) is 1. The molecule has 2 aliphatic heterocycles. The fourth-order valence-corrected chi connectivity index (χ4v) is 3.39. The molecule has 2 heterocycles. The normalized spacial score (nSPS) is 23.6. The van der Waals surface area contributed by atoms with Gasteiger partial charge < -0.3 is 20.1 Å². The zero-order valence-corrected chi connectivity index (χ0v) is 15.9. The number of nitrogens with two attached hydrogens (primary N) is 1. The van der Waals surface area contributed by atoms with Crippen LogP contribution >= 0.6 is 12.4 Å². The number of rotatable bonds is 3. The molecule has 0 aliphatic carbocycles. The maximum Gasteiger partial charge on any atom is 0.253 e. The SMILES string of the molecule is CC1(C)CN(C(=O)c2ccc(OC3CCOCC3)cc2)CCC1N.Cl. The van der Waals surface area contributed by atoms with E-state index in [0.29, 0.717) is 12.1 Å². The van der Waals surface area contributed by atoms with Crippen molar-refractivity contribution in [2.45, 2.75) is 45.3 Å². The first-order valence-corrected chi connectivity index (χ1v) is 8.85. The quantitative estimate of drug-likeness (QED) is 0.890. The average Bonchev–Trinajstić information content (AvgIpc) is 2.58. The van der Waals surface area contributed by atoms with Gasteiger partial charge in [-0.05, 0) is 36.1 Å². The molecule has 2 N–H and O–H groups in total. The summed E-state index contributed by atoms with van der Waals surface area (Å²) in [5.41, 5.74) is 6.83. The minimum atomic E-state index is -0.0417. The van der Waals surface area contributed by atoms with Gasteiger partial charge in [0.25, 0.3) is 5.91 Å². The predicted molar refractivity (Wildman–Crippen MR) is 100 cm³/mol. The Balaban J connectivity index is 0.00000225. The molecule has 25 heavy (non-hydrogen) atoms. The third kappa shape index (κ3) is 4.87. The van der Waals surface area contributed by atoms with E-state index in [1.54, 1.807) is 0 Å². The van der Waals surface area contributed by atoms with Gasteiger partial charge in [0.15, 0.2) is 0 Å². The second-order valence-electron chi connectivity index (χ2n) is 7.56. The highest BCUT2D eigenvalue weighted by molar-refractivity contribution is 5.94. The second kappa shape index (κ2) is 8.39. The van der Waals surface area contributed by atoms with Gasteiger partial charge in [-0.25, -0.2) is 0 Å². The monoisotopic (exact) mass is 368 g/mol. The van der Waals surface area contributed by atoms with E-state index in [1.807, 2.05) is 29.2 Å². The van der Waals surface area contributed by atoms with E-state index in [2.05, 4.69) is 13.8 Å². The van der Waals surface area contributed by atoms with Crippen LogP contribution in [0.15, 0.2) is 24.3 Å². The first-order valence-electron chi connectivity index (χ1n) is 8.85. The standard InChI is InChI=1S/C19H28N2O3.ClH/c1-19(2)13-21(10-7-17(19)20)18(22)14-3-5-15(6-4-14)24-16-8-11-23-12-9-16;/h3-6,16-17H,7-13,20H2,1-2H3;1H. The number of nitrogens with zero attached hydrogens (tertiary/aromatic N) is 1. The summed E-state index contributed by atoms with van der Waals surface area (Å²) in [6.45, 7) is 7.20. The Hall–Kier alpha value is -1.30. The van der Waals surface area contributed by atoms with Gasteiger partial charge >= 0.3 is 0 Å². The van der Waals surface area contributed by atoms with E-state index in [0.717, 1.165) is 44.8 Å². The van der Waals surface area contributed by atoms with Crippen molar-refractivity contribution in [1.29, 1.82) is 0 Å². The summed E-state index contributed by atoms with van der Waals surface area (Å²) in [5, 5.41) is 0. The second-order valence-corrected chi connectivity index (χ2v) is 7.56. The number of amides is 1. The summed E-state index contributed by atoms with van der Waals surface area (Å²) in [4.78, 5) is 14.6. The fourth-order valence-electron chi connectivity index (χ4n) is 3.39. The van der Waals surface area contributed by atoms with Crippen molar-refractivity contribution in [2.75, 3.05) is 26.3 Å². The summed E-state index contributed by atoms with van der Waals surface area (Å²) in [6.07, 6.45) is 2.90. The van der Waals surface area contributed by atoms with Gasteiger partial charge in [0.05, 0.1) is 13.2 Å². The molecule has 0 spiro atoms. The summed E-state index contributed by atoms with van der Waals surface area (Å²) >= 11 is 0. The molecule has 140 valence electrons. The van der Waals surface area contributed by atoms with E-state index in [9.17, 15) is 4.79 Å². The maximum atomic E-state index is 12.7. The van der Waals surface area contributed by atoms with Crippen LogP contribution in [0.1, 0.15) is 43.5 Å². The molecule has 1 amide bonds. The molecule has 1 atom stereocenters. The fraction of sp³-hybridized carbons (Fsp3) is 0.632. The minimum absolute atomic E-state index is 0. The molecule has 0 aromatic heterocycles. The number of ether oxygens (including phenoxy) is 2. The number of benzene rings is 1. The van der Waals surface area contributed by atoms with Gasteiger partial charge in [0, 0.05) is 37.5 Å². The molecule has 1 unspecified atom stereocenters. The number of piperidine rings is 1. The molecule has 1 aromatic carbocycles. The molecular weight excluding hydrogens is 340 g/mol. The van der Waals surface area contributed by atoms with E-state index >= 15 is 0 Å². The van der Waals surface area contributed by atoms with Crippen molar-refractivity contribution >= 4 is 18.3 Å². The molecule has 2 fully saturated rings. The lowest BCUT2D eigenvalue weighted by Crippen LogP contribution is -2.53. The molecule has 0 saturated carbocycles. The van der Waals surface area contributed by atoms with Crippen molar-refractivity contribution < 1.29 is 14.3 Å². The highest BCUT2D eigenvalue weighted by Crippen LogP contribution is 2.29. The molecule has 2 saturated heterocycles. The van der Waals surface area contributed by atoms with Crippen LogP contribution in [-0.2, 0) is 4.74 Å². The van der Waals surface area contributed by atoms with E-state index < -0.39 is 0 Å². The number of carbonyl (C=O) groups is 1. The molecule has 1 aromatic rings. The molecule has 0 radical (unpaired) electrons. The van der Waals surface area contributed by atoms with Crippen molar-refractivity contribution in [3.63, 3.8) is 0 Å². The average molecular weight is 369 g/mol. The zero-order valence-electron chi connectivity index (χ0n) is 15.1. The minimum Gasteiger partial charge on any atom is -0.490 e. The lowest BCUT2D eigenvalue weighted by atomic mass is 9.79. The third-order valence-corrected chi connectivity index (χ3v) is 5.17. The molecule has 3 rings (SSSR count). The van der Waals surface area contributed by atoms with Crippen molar-refractivity contribution in [3.8, 4) is 5.75 Å². The lowest BCUT2D eigenvalue weighted by Gasteiger charge is -2.42. The van der Waals surface area contributed by atoms with Crippen LogP contribution in [0.3, 0.4) is 0 Å². The third-order valence-electron chi connectivity index (χ3n) is 5.17. The van der Waals surface area contributed by atoms with E-state index in [1.165, 1.54) is 0 Å². The topological polar surface area (TPSA) is 64.8 Å². The zero-order chi connectivity index (χ0) is 17.2. The van der Waals surface area contributed by atoms with E-state index in [-0.39, 0.29) is 35.9 Å². The summed E-state index contributed by atoms with van der Waals surface area (Å²) in [7, 11) is 0. The Morgan fingerprint density at radius 2 is 1.84 bits per heavy atom. The van der Waals surface area contributed by atoms with Gasteiger partial charge in [-0.3, -0.25) is 4.79 Å². The van der Waals surface area contributed by atoms with Crippen LogP contribution < -0.4 is 10.5 Å². The largest absolute Gasteiger partial charge is 0.490 e. The predicted octanol–water partition coefficient (Wildman–Crippen LogP) is 2.87. The van der Waals surface area contributed by atoms with Gasteiger partial charge in [0.1, 0.15) is 11.9 Å².